The van der Waals surface area contributed by atoms with Crippen LogP contribution in [0.25, 0.3) is 0 Å². The van der Waals surface area contributed by atoms with Crippen molar-refractivity contribution in [1.82, 2.24) is 4.98 Å². The molecule has 1 heterocycles. The topological polar surface area (TPSA) is 48.4 Å². The lowest BCUT2D eigenvalue weighted by Crippen LogP contribution is -2.14. The van der Waals surface area contributed by atoms with Crippen molar-refractivity contribution in [3.8, 4) is 5.88 Å². The van der Waals surface area contributed by atoms with Crippen molar-refractivity contribution < 1.29 is 27.4 Å². The minimum absolute atomic E-state index is 0.278. The Labute approximate surface area is 89.0 Å². The summed E-state index contributed by atoms with van der Waals surface area (Å²) < 4.78 is 45.7. The van der Waals surface area contributed by atoms with Crippen molar-refractivity contribution in [2.45, 2.75) is 6.18 Å². The van der Waals surface area contributed by atoms with Crippen LogP contribution in [-0.4, -0.2) is 24.7 Å². The van der Waals surface area contributed by atoms with Crippen LogP contribution in [0.5, 0.6) is 5.88 Å². The third-order valence-corrected chi connectivity index (χ3v) is 1.63. The van der Waals surface area contributed by atoms with Gasteiger partial charge in [0.2, 0.25) is 5.88 Å². The van der Waals surface area contributed by atoms with Crippen molar-refractivity contribution in [3.05, 3.63) is 23.9 Å². The van der Waals surface area contributed by atoms with Gasteiger partial charge in [0.15, 0.2) is 6.61 Å². The lowest BCUT2D eigenvalue weighted by atomic mass is 10.2. The zero-order valence-electron chi connectivity index (χ0n) is 8.25. The molecule has 1 aromatic rings. The van der Waals surface area contributed by atoms with Gasteiger partial charge in [-0.3, -0.25) is 0 Å². The van der Waals surface area contributed by atoms with E-state index in [4.69, 9.17) is 4.74 Å². The van der Waals surface area contributed by atoms with E-state index in [9.17, 15) is 18.0 Å². The summed E-state index contributed by atoms with van der Waals surface area (Å²) in [5.41, 5.74) is -0.887. The van der Waals surface area contributed by atoms with E-state index in [2.05, 4.69) is 9.72 Å². The fourth-order valence-corrected chi connectivity index (χ4v) is 0.856. The van der Waals surface area contributed by atoms with Gasteiger partial charge < -0.3 is 9.47 Å². The summed E-state index contributed by atoms with van der Waals surface area (Å²) in [6.45, 7) is -0.481. The minimum Gasteiger partial charge on any atom is -0.466 e. The number of ether oxygens (including phenoxy) is 2. The monoisotopic (exact) mass is 235 g/mol. The van der Waals surface area contributed by atoms with Crippen LogP contribution in [0.15, 0.2) is 18.3 Å². The summed E-state index contributed by atoms with van der Waals surface area (Å²) in [4.78, 5) is 14.2. The minimum atomic E-state index is -4.47. The molecule has 0 unspecified atom stereocenters. The van der Waals surface area contributed by atoms with Crippen LogP contribution < -0.4 is 4.74 Å². The largest absolute Gasteiger partial charge is 0.466 e. The Hall–Kier alpha value is -1.79. The Balaban J connectivity index is 2.72. The van der Waals surface area contributed by atoms with E-state index in [0.717, 1.165) is 19.4 Å². The molecule has 0 aromatic carbocycles. The molecule has 0 spiro atoms. The normalized spacial score (nSPS) is 11.0. The smallest absolute Gasteiger partial charge is 0.416 e. The maximum absolute atomic E-state index is 12.3. The number of aromatic nitrogens is 1. The standard InChI is InChI=1S/C9H8F3NO3/c1-15-8(14)5-16-7-4-6(2-3-13-7)9(10,11)12/h2-4H,5H2,1H3. The van der Waals surface area contributed by atoms with Crippen molar-refractivity contribution in [2.24, 2.45) is 0 Å². The molecule has 0 aliphatic rings. The maximum atomic E-state index is 12.3. The van der Waals surface area contributed by atoms with E-state index in [-0.39, 0.29) is 5.88 Å². The summed E-state index contributed by atoms with van der Waals surface area (Å²) in [5, 5.41) is 0. The summed E-state index contributed by atoms with van der Waals surface area (Å²) in [7, 11) is 1.14. The molecule has 16 heavy (non-hydrogen) atoms. The second-order valence-corrected chi connectivity index (χ2v) is 2.75. The Morgan fingerprint density at radius 3 is 2.75 bits per heavy atom. The highest BCUT2D eigenvalue weighted by atomic mass is 19.4. The molecular formula is C9H8F3NO3. The maximum Gasteiger partial charge on any atom is 0.416 e. The fraction of sp³-hybridized carbons (Fsp3) is 0.333. The van der Waals surface area contributed by atoms with Gasteiger partial charge in [0.05, 0.1) is 12.7 Å². The molecule has 0 atom stereocenters. The lowest BCUT2D eigenvalue weighted by molar-refractivity contribution is -0.143. The summed E-state index contributed by atoms with van der Waals surface area (Å²) in [6.07, 6.45) is -3.51. The molecule has 4 nitrogen and oxygen atoms in total. The number of halogens is 3. The zero-order chi connectivity index (χ0) is 12.2. The average molecular weight is 235 g/mol. The molecule has 0 fully saturated rings. The van der Waals surface area contributed by atoms with Crippen LogP contribution in [0.4, 0.5) is 13.2 Å². The Morgan fingerprint density at radius 2 is 2.19 bits per heavy atom. The van der Waals surface area contributed by atoms with Crippen molar-refractivity contribution >= 4 is 5.97 Å². The molecule has 0 bridgehead atoms. The Bertz CT molecular complexity index is 379. The van der Waals surface area contributed by atoms with E-state index in [0.29, 0.717) is 6.07 Å². The van der Waals surface area contributed by atoms with Gasteiger partial charge >= 0.3 is 12.1 Å². The number of pyridine rings is 1. The van der Waals surface area contributed by atoms with Crippen molar-refractivity contribution in [1.29, 1.82) is 0 Å². The van der Waals surface area contributed by atoms with Crippen molar-refractivity contribution in [3.63, 3.8) is 0 Å². The van der Waals surface area contributed by atoms with Gasteiger partial charge in [-0.1, -0.05) is 0 Å². The Kier molecular flexibility index (Phi) is 3.70. The van der Waals surface area contributed by atoms with Crippen LogP contribution >= 0.6 is 0 Å². The number of alkyl halides is 3. The second kappa shape index (κ2) is 4.82. The van der Waals surface area contributed by atoms with E-state index in [1.54, 1.807) is 0 Å². The molecule has 1 rings (SSSR count). The highest BCUT2D eigenvalue weighted by Crippen LogP contribution is 2.30. The molecule has 0 saturated heterocycles. The highest BCUT2D eigenvalue weighted by molar-refractivity contribution is 5.70. The summed E-state index contributed by atoms with van der Waals surface area (Å²) >= 11 is 0. The predicted molar refractivity (Wildman–Crippen MR) is 46.8 cm³/mol. The van der Waals surface area contributed by atoms with Gasteiger partial charge in [0, 0.05) is 12.3 Å². The van der Waals surface area contributed by atoms with Crippen molar-refractivity contribution in [2.75, 3.05) is 13.7 Å². The van der Waals surface area contributed by atoms with Crippen LogP contribution in [0.1, 0.15) is 5.56 Å². The SMILES string of the molecule is COC(=O)COc1cc(C(F)(F)F)ccn1. The van der Waals surface area contributed by atoms with Gasteiger partial charge in [-0.25, -0.2) is 9.78 Å². The van der Waals surface area contributed by atoms with Gasteiger partial charge in [0.1, 0.15) is 0 Å². The number of rotatable bonds is 3. The summed E-state index contributed by atoms with van der Waals surface area (Å²) in [5.74, 6) is -0.973. The molecule has 0 aliphatic heterocycles. The number of carbonyl (C=O) groups excluding carboxylic acids is 1. The van der Waals surface area contributed by atoms with Crippen LogP contribution in [0, 0.1) is 0 Å². The van der Waals surface area contributed by atoms with Gasteiger partial charge in [-0.15, -0.1) is 0 Å². The second-order valence-electron chi connectivity index (χ2n) is 2.75. The average Bonchev–Trinajstić information content (AvgIpc) is 2.25. The molecule has 0 N–H and O–H groups in total. The zero-order valence-corrected chi connectivity index (χ0v) is 8.25. The molecule has 0 radical (unpaired) electrons. The van der Waals surface area contributed by atoms with Gasteiger partial charge in [-0.05, 0) is 6.07 Å². The number of esters is 1. The van der Waals surface area contributed by atoms with Crippen LogP contribution in [0.3, 0.4) is 0 Å². The first-order chi connectivity index (χ1) is 7.43. The Morgan fingerprint density at radius 1 is 1.50 bits per heavy atom. The van der Waals surface area contributed by atoms with Crippen LogP contribution in [-0.2, 0) is 15.7 Å². The first-order valence-electron chi connectivity index (χ1n) is 4.16. The molecule has 88 valence electrons. The summed E-state index contributed by atoms with van der Waals surface area (Å²) in [6, 6.07) is 1.52. The fourth-order valence-electron chi connectivity index (χ4n) is 0.856. The quantitative estimate of drug-likeness (QED) is 0.747. The molecule has 7 heteroatoms. The lowest BCUT2D eigenvalue weighted by Gasteiger charge is -2.08. The molecular weight excluding hydrogens is 227 g/mol. The van der Waals surface area contributed by atoms with Gasteiger partial charge in [-0.2, -0.15) is 13.2 Å². The molecule has 1 aromatic heterocycles. The first-order valence-corrected chi connectivity index (χ1v) is 4.16. The van der Waals surface area contributed by atoms with E-state index in [1.807, 2.05) is 0 Å². The predicted octanol–water partition coefficient (Wildman–Crippen LogP) is 1.65. The van der Waals surface area contributed by atoms with Gasteiger partial charge in [0.25, 0.3) is 0 Å². The third kappa shape index (κ3) is 3.41. The van der Waals surface area contributed by atoms with Crippen LogP contribution in [0.2, 0.25) is 0 Å². The van der Waals surface area contributed by atoms with E-state index in [1.165, 1.54) is 0 Å². The number of hydrogen-bond acceptors (Lipinski definition) is 4. The molecule has 0 aliphatic carbocycles. The molecule has 0 saturated carbocycles. The number of methoxy groups -OCH3 is 1. The highest BCUT2D eigenvalue weighted by Gasteiger charge is 2.30. The van der Waals surface area contributed by atoms with E-state index >= 15 is 0 Å². The third-order valence-electron chi connectivity index (χ3n) is 1.63. The first kappa shape index (κ1) is 12.3. The number of carbonyl (C=O) groups is 1. The number of nitrogens with zero attached hydrogens (tertiary/aromatic N) is 1. The number of hydrogen-bond donors (Lipinski definition) is 0. The molecule has 0 amide bonds. The van der Waals surface area contributed by atoms with E-state index < -0.39 is 24.3 Å².